The number of nitrogens with one attached hydrogen (secondary N) is 1. The van der Waals surface area contributed by atoms with E-state index >= 15 is 0 Å². The summed E-state index contributed by atoms with van der Waals surface area (Å²) in [5.74, 6) is 0.306. The second kappa shape index (κ2) is 5.40. The van der Waals surface area contributed by atoms with Crippen molar-refractivity contribution in [2.24, 2.45) is 5.41 Å². The Labute approximate surface area is 164 Å². The highest BCUT2D eigenvalue weighted by atomic mass is 16.3. The number of hydrogen-bond acceptors (Lipinski definition) is 3. The van der Waals surface area contributed by atoms with Crippen molar-refractivity contribution >= 4 is 10.9 Å². The number of benzene rings is 2. The van der Waals surface area contributed by atoms with E-state index in [0.717, 1.165) is 25.7 Å². The van der Waals surface area contributed by atoms with Crippen LogP contribution in [0.3, 0.4) is 0 Å². The molecular formula is C24H26N2O2. The summed E-state index contributed by atoms with van der Waals surface area (Å²) in [6.07, 6.45) is 4.35. The Kier molecular flexibility index (Phi) is 3.21. The van der Waals surface area contributed by atoms with Gasteiger partial charge < -0.3 is 15.2 Å². The summed E-state index contributed by atoms with van der Waals surface area (Å²) < 4.78 is 0. The molecule has 2 atom stereocenters. The zero-order valence-corrected chi connectivity index (χ0v) is 16.2. The van der Waals surface area contributed by atoms with E-state index < -0.39 is 0 Å². The molecule has 4 aliphatic rings. The number of fused-ring (bicyclic) bond motifs is 3. The molecule has 144 valence electrons. The van der Waals surface area contributed by atoms with Gasteiger partial charge in [-0.15, -0.1) is 0 Å². The first-order chi connectivity index (χ1) is 13.5. The van der Waals surface area contributed by atoms with Crippen LogP contribution >= 0.6 is 0 Å². The molecular weight excluding hydrogens is 348 g/mol. The summed E-state index contributed by atoms with van der Waals surface area (Å²) in [6, 6.07) is 16.9. The molecule has 3 aromatic rings. The minimum atomic E-state index is 0.156. The molecule has 2 aromatic carbocycles. The van der Waals surface area contributed by atoms with Crippen molar-refractivity contribution in [2.45, 2.75) is 50.2 Å². The molecule has 2 unspecified atom stereocenters. The van der Waals surface area contributed by atoms with E-state index in [1.807, 2.05) is 0 Å². The summed E-state index contributed by atoms with van der Waals surface area (Å²) in [6.45, 7) is 2.67. The van der Waals surface area contributed by atoms with Gasteiger partial charge in [0.25, 0.3) is 0 Å². The van der Waals surface area contributed by atoms with Gasteiger partial charge in [-0.2, -0.15) is 0 Å². The predicted octanol–water partition coefficient (Wildman–Crippen LogP) is 4.12. The first kappa shape index (κ1) is 16.6. The molecule has 4 nitrogen and oxygen atoms in total. The van der Waals surface area contributed by atoms with Gasteiger partial charge in [0, 0.05) is 34.8 Å². The molecule has 1 aliphatic heterocycles. The highest BCUT2D eigenvalue weighted by Gasteiger charge is 2.71. The number of para-hydroxylation sites is 1. The van der Waals surface area contributed by atoms with E-state index in [1.54, 1.807) is 12.1 Å². The molecule has 0 saturated heterocycles. The van der Waals surface area contributed by atoms with Gasteiger partial charge in [-0.25, -0.2) is 0 Å². The van der Waals surface area contributed by atoms with Gasteiger partial charge in [0.15, 0.2) is 0 Å². The number of aromatic hydroxyl groups is 1. The number of aromatic nitrogens is 1. The molecule has 4 heteroatoms. The van der Waals surface area contributed by atoms with Crippen LogP contribution in [0, 0.1) is 5.41 Å². The number of phenolic OH excluding ortho intramolecular Hbond substituents is 1. The first-order valence-electron chi connectivity index (χ1n) is 10.3. The molecule has 2 bridgehead atoms. The monoisotopic (exact) mass is 374 g/mol. The normalized spacial score (nSPS) is 33.9. The van der Waals surface area contributed by atoms with Gasteiger partial charge in [-0.05, 0) is 67.3 Å². The summed E-state index contributed by atoms with van der Waals surface area (Å²) in [4.78, 5) is 6.45. The number of aromatic amines is 1. The Morgan fingerprint density at radius 3 is 2.50 bits per heavy atom. The van der Waals surface area contributed by atoms with Gasteiger partial charge in [0.2, 0.25) is 0 Å². The Bertz CT molecular complexity index is 1050. The zero-order valence-electron chi connectivity index (χ0n) is 16.2. The van der Waals surface area contributed by atoms with Gasteiger partial charge in [0.05, 0.1) is 6.04 Å². The Morgan fingerprint density at radius 1 is 1.07 bits per heavy atom. The number of H-pyrrole nitrogens is 1. The quantitative estimate of drug-likeness (QED) is 0.646. The van der Waals surface area contributed by atoms with E-state index in [2.05, 4.69) is 53.2 Å². The molecule has 2 heterocycles. The molecule has 7 rings (SSSR count). The molecule has 0 amide bonds. The van der Waals surface area contributed by atoms with Crippen LogP contribution in [0.5, 0.6) is 5.75 Å². The van der Waals surface area contributed by atoms with Crippen LogP contribution in [0.4, 0.5) is 0 Å². The second-order valence-electron chi connectivity index (χ2n) is 9.43. The standard InChI is InChI=1S/C24H26N2O2/c1-15-10-19-18-4-2-3-5-20(18)25-21(19)22(16-6-8-17(28)9-7-16)26(15)24-11-23(12-24,13-24)14-27/h2-9,15,22,25,27-28H,10-14H2,1H3. The molecule has 3 saturated carbocycles. The maximum Gasteiger partial charge on any atom is 0.115 e. The van der Waals surface area contributed by atoms with Gasteiger partial charge in [-0.3, -0.25) is 4.90 Å². The van der Waals surface area contributed by atoms with Gasteiger partial charge in [0.1, 0.15) is 5.75 Å². The zero-order chi connectivity index (χ0) is 19.1. The number of aliphatic hydroxyl groups excluding tert-OH is 1. The first-order valence-corrected chi connectivity index (χ1v) is 10.3. The van der Waals surface area contributed by atoms with Crippen LogP contribution in [0.2, 0.25) is 0 Å². The second-order valence-corrected chi connectivity index (χ2v) is 9.43. The molecule has 3 fully saturated rings. The molecule has 3 aliphatic carbocycles. The van der Waals surface area contributed by atoms with Crippen molar-refractivity contribution < 1.29 is 10.2 Å². The number of aliphatic hydroxyl groups is 1. The lowest BCUT2D eigenvalue weighted by molar-refractivity contribution is -0.254. The van der Waals surface area contributed by atoms with Crippen LogP contribution in [0.1, 0.15) is 49.0 Å². The fraction of sp³-hybridized carbons (Fsp3) is 0.417. The van der Waals surface area contributed by atoms with Crippen molar-refractivity contribution in [2.75, 3.05) is 6.61 Å². The summed E-state index contributed by atoms with van der Waals surface area (Å²) in [5, 5.41) is 20.9. The minimum Gasteiger partial charge on any atom is -0.508 e. The third-order valence-electron chi connectivity index (χ3n) is 7.58. The summed E-state index contributed by atoms with van der Waals surface area (Å²) in [7, 11) is 0. The number of nitrogens with zero attached hydrogens (tertiary/aromatic N) is 1. The lowest BCUT2D eigenvalue weighted by atomic mass is 9.38. The summed E-state index contributed by atoms with van der Waals surface area (Å²) in [5.41, 5.74) is 5.54. The minimum absolute atomic E-state index is 0.156. The SMILES string of the molecule is CC1Cc2c([nH]c3ccccc23)C(c2ccc(O)cc2)N1C12CC(CO)(C1)C2. The van der Waals surface area contributed by atoms with E-state index in [0.29, 0.717) is 18.4 Å². The molecule has 1 aromatic heterocycles. The Balaban J connectivity index is 1.52. The average molecular weight is 374 g/mol. The van der Waals surface area contributed by atoms with Crippen LogP contribution in [-0.4, -0.2) is 38.3 Å². The highest BCUT2D eigenvalue weighted by molar-refractivity contribution is 5.85. The predicted molar refractivity (Wildman–Crippen MR) is 109 cm³/mol. The Morgan fingerprint density at radius 2 is 1.79 bits per heavy atom. The Hall–Kier alpha value is -2.30. The topological polar surface area (TPSA) is 59.5 Å². The number of hydrogen-bond donors (Lipinski definition) is 3. The lowest BCUT2D eigenvalue weighted by Gasteiger charge is -2.76. The molecule has 0 radical (unpaired) electrons. The van der Waals surface area contributed by atoms with E-state index in [1.165, 1.54) is 27.7 Å². The largest absolute Gasteiger partial charge is 0.508 e. The lowest BCUT2D eigenvalue weighted by Crippen LogP contribution is -2.77. The van der Waals surface area contributed by atoms with Crippen molar-refractivity contribution in [1.82, 2.24) is 9.88 Å². The molecule has 3 N–H and O–H groups in total. The van der Waals surface area contributed by atoms with Crippen LogP contribution in [0.15, 0.2) is 48.5 Å². The van der Waals surface area contributed by atoms with Crippen LogP contribution in [-0.2, 0) is 6.42 Å². The fourth-order valence-corrected chi connectivity index (χ4v) is 6.57. The third kappa shape index (κ3) is 2.02. The van der Waals surface area contributed by atoms with E-state index in [-0.39, 0.29) is 17.0 Å². The van der Waals surface area contributed by atoms with Gasteiger partial charge in [-0.1, -0.05) is 30.3 Å². The highest BCUT2D eigenvalue weighted by Crippen LogP contribution is 2.71. The maximum absolute atomic E-state index is 9.82. The molecule has 28 heavy (non-hydrogen) atoms. The maximum atomic E-state index is 9.82. The van der Waals surface area contributed by atoms with E-state index in [4.69, 9.17) is 0 Å². The smallest absolute Gasteiger partial charge is 0.115 e. The van der Waals surface area contributed by atoms with Crippen LogP contribution < -0.4 is 0 Å². The average Bonchev–Trinajstić information content (AvgIpc) is 2.99. The number of rotatable bonds is 3. The van der Waals surface area contributed by atoms with Crippen molar-refractivity contribution in [3.63, 3.8) is 0 Å². The third-order valence-corrected chi connectivity index (χ3v) is 7.58. The van der Waals surface area contributed by atoms with Crippen molar-refractivity contribution in [1.29, 1.82) is 0 Å². The van der Waals surface area contributed by atoms with Gasteiger partial charge >= 0.3 is 0 Å². The summed E-state index contributed by atoms with van der Waals surface area (Å²) >= 11 is 0. The molecule has 0 spiro atoms. The van der Waals surface area contributed by atoms with Crippen molar-refractivity contribution in [3.05, 3.63) is 65.4 Å². The number of phenols is 1. The van der Waals surface area contributed by atoms with E-state index in [9.17, 15) is 10.2 Å². The van der Waals surface area contributed by atoms with Crippen molar-refractivity contribution in [3.8, 4) is 5.75 Å². The van der Waals surface area contributed by atoms with Crippen LogP contribution in [0.25, 0.3) is 10.9 Å². The fourth-order valence-electron chi connectivity index (χ4n) is 6.57.